The van der Waals surface area contributed by atoms with Crippen LogP contribution in [0.3, 0.4) is 0 Å². The van der Waals surface area contributed by atoms with Crippen molar-refractivity contribution in [1.29, 1.82) is 0 Å². The zero-order chi connectivity index (χ0) is 14.4. The van der Waals surface area contributed by atoms with Gasteiger partial charge in [0.25, 0.3) is 0 Å². The lowest BCUT2D eigenvalue weighted by Gasteiger charge is -2.40. The Kier molecular flexibility index (Phi) is 2.89. The molecule has 3 atom stereocenters. The highest BCUT2D eigenvalue weighted by Gasteiger charge is 2.57. The van der Waals surface area contributed by atoms with Crippen LogP contribution in [0.25, 0.3) is 0 Å². The van der Waals surface area contributed by atoms with Crippen molar-refractivity contribution in [2.45, 2.75) is 31.8 Å². The molecule has 0 spiro atoms. The first-order valence-corrected chi connectivity index (χ1v) is 7.39. The molecule has 2 bridgehead atoms. The largest absolute Gasteiger partial charge is 0.306 e. The van der Waals surface area contributed by atoms with Crippen molar-refractivity contribution in [3.63, 3.8) is 0 Å². The minimum Gasteiger partial charge on any atom is -0.306 e. The maximum absolute atomic E-state index is 6.23. The molecule has 2 aliphatic heterocycles. The molecule has 4 rings (SSSR count). The quantitative estimate of drug-likeness (QED) is 0.770. The van der Waals surface area contributed by atoms with Gasteiger partial charge in [-0.05, 0) is 11.5 Å². The summed E-state index contributed by atoms with van der Waals surface area (Å²) in [7, 11) is 0. The molecule has 1 fully saturated rings. The summed E-state index contributed by atoms with van der Waals surface area (Å²) in [6, 6.07) is 18.4. The maximum Gasteiger partial charge on any atom is 0.237 e. The van der Waals surface area contributed by atoms with E-state index in [1.807, 2.05) is 36.4 Å². The summed E-state index contributed by atoms with van der Waals surface area (Å²) in [4.78, 5) is 11.3. The molecular formula is C18H18O3. The lowest BCUT2D eigenvalue weighted by atomic mass is 9.75. The Hall–Kier alpha value is -1.68. The van der Waals surface area contributed by atoms with Gasteiger partial charge >= 0.3 is 0 Å². The second-order valence-electron chi connectivity index (χ2n) is 6.01. The SMILES string of the molecule is CC(C)C1c2ccccc2[C@H]2OO[C@]1(c1ccccc1)O2. The number of hydrogen-bond acceptors (Lipinski definition) is 3. The van der Waals surface area contributed by atoms with Crippen LogP contribution in [-0.4, -0.2) is 0 Å². The molecule has 1 unspecified atom stereocenters. The third-order valence-electron chi connectivity index (χ3n) is 4.38. The fraction of sp³-hybridized carbons (Fsp3) is 0.333. The molecule has 0 aliphatic carbocycles. The van der Waals surface area contributed by atoms with Crippen LogP contribution in [0.15, 0.2) is 54.6 Å². The van der Waals surface area contributed by atoms with Crippen LogP contribution in [0.4, 0.5) is 0 Å². The van der Waals surface area contributed by atoms with Crippen LogP contribution in [0.2, 0.25) is 0 Å². The second kappa shape index (κ2) is 4.67. The zero-order valence-corrected chi connectivity index (χ0v) is 12.2. The fourth-order valence-corrected chi connectivity index (χ4v) is 3.53. The highest BCUT2D eigenvalue weighted by atomic mass is 17.3. The molecule has 2 aliphatic rings. The third kappa shape index (κ3) is 1.78. The van der Waals surface area contributed by atoms with Gasteiger partial charge in [0.2, 0.25) is 12.1 Å². The van der Waals surface area contributed by atoms with E-state index in [0.717, 1.165) is 11.1 Å². The molecular weight excluding hydrogens is 264 g/mol. The molecule has 3 nitrogen and oxygen atoms in total. The number of rotatable bonds is 2. The predicted molar refractivity (Wildman–Crippen MR) is 78.1 cm³/mol. The molecule has 0 amide bonds. The second-order valence-corrected chi connectivity index (χ2v) is 6.01. The summed E-state index contributed by atoms with van der Waals surface area (Å²) in [6.45, 7) is 4.38. The van der Waals surface area contributed by atoms with Crippen molar-refractivity contribution in [2.24, 2.45) is 5.92 Å². The lowest BCUT2D eigenvalue weighted by molar-refractivity contribution is -0.343. The Morgan fingerprint density at radius 2 is 1.57 bits per heavy atom. The molecule has 2 aromatic carbocycles. The summed E-state index contributed by atoms with van der Waals surface area (Å²) >= 11 is 0. The van der Waals surface area contributed by atoms with Gasteiger partial charge < -0.3 is 4.74 Å². The van der Waals surface area contributed by atoms with Crippen LogP contribution in [0.5, 0.6) is 0 Å². The predicted octanol–water partition coefficient (Wildman–Crippen LogP) is 4.27. The normalized spacial score (nSPS) is 30.4. The Bertz CT molecular complexity index is 653. The van der Waals surface area contributed by atoms with Gasteiger partial charge in [0.1, 0.15) is 0 Å². The molecule has 2 aromatic rings. The minimum absolute atomic E-state index is 0.0925. The molecule has 3 heteroatoms. The molecule has 21 heavy (non-hydrogen) atoms. The minimum atomic E-state index is -0.853. The van der Waals surface area contributed by atoms with Gasteiger partial charge in [-0.15, -0.1) is 0 Å². The van der Waals surface area contributed by atoms with E-state index in [0.29, 0.717) is 5.92 Å². The first-order valence-electron chi connectivity index (χ1n) is 7.39. The van der Waals surface area contributed by atoms with E-state index < -0.39 is 12.1 Å². The maximum atomic E-state index is 6.23. The van der Waals surface area contributed by atoms with Crippen molar-refractivity contribution in [3.8, 4) is 0 Å². The highest BCUT2D eigenvalue weighted by molar-refractivity contribution is 5.39. The van der Waals surface area contributed by atoms with Crippen molar-refractivity contribution < 1.29 is 14.5 Å². The van der Waals surface area contributed by atoms with Crippen LogP contribution in [-0.2, 0) is 20.3 Å². The lowest BCUT2D eigenvalue weighted by Crippen LogP contribution is -2.40. The molecule has 0 saturated carbocycles. The number of fused-ring (bicyclic) bond motifs is 4. The van der Waals surface area contributed by atoms with Gasteiger partial charge in [-0.25, -0.2) is 0 Å². The van der Waals surface area contributed by atoms with Crippen molar-refractivity contribution in [2.75, 3.05) is 0 Å². The first kappa shape index (κ1) is 13.0. The monoisotopic (exact) mass is 282 g/mol. The fourth-order valence-electron chi connectivity index (χ4n) is 3.53. The first-order chi connectivity index (χ1) is 10.2. The van der Waals surface area contributed by atoms with E-state index in [4.69, 9.17) is 14.5 Å². The number of hydrogen-bond donors (Lipinski definition) is 0. The summed E-state index contributed by atoms with van der Waals surface area (Å²) < 4.78 is 6.23. The van der Waals surface area contributed by atoms with E-state index in [1.165, 1.54) is 5.56 Å². The van der Waals surface area contributed by atoms with E-state index in [9.17, 15) is 0 Å². The van der Waals surface area contributed by atoms with Crippen molar-refractivity contribution >= 4 is 0 Å². The Morgan fingerprint density at radius 3 is 2.29 bits per heavy atom. The molecule has 2 heterocycles. The molecule has 108 valence electrons. The Labute approximate surface area is 124 Å². The topological polar surface area (TPSA) is 27.7 Å². The van der Waals surface area contributed by atoms with Gasteiger partial charge in [-0.2, -0.15) is 9.78 Å². The zero-order valence-electron chi connectivity index (χ0n) is 12.2. The summed E-state index contributed by atoms with van der Waals surface area (Å²) in [5.74, 6) is -0.405. The van der Waals surface area contributed by atoms with Crippen molar-refractivity contribution in [3.05, 3.63) is 71.3 Å². The van der Waals surface area contributed by atoms with E-state index in [2.05, 4.69) is 32.0 Å². The van der Waals surface area contributed by atoms with Gasteiger partial charge in [0, 0.05) is 17.0 Å². The van der Waals surface area contributed by atoms with Gasteiger partial charge in [-0.3, -0.25) is 0 Å². The van der Waals surface area contributed by atoms with Crippen LogP contribution >= 0.6 is 0 Å². The summed E-state index contributed by atoms with van der Waals surface area (Å²) in [6.07, 6.45) is -0.448. The van der Waals surface area contributed by atoms with E-state index in [-0.39, 0.29) is 5.92 Å². The van der Waals surface area contributed by atoms with Crippen LogP contribution < -0.4 is 0 Å². The average molecular weight is 282 g/mol. The Morgan fingerprint density at radius 1 is 0.905 bits per heavy atom. The Balaban J connectivity index is 1.93. The smallest absolute Gasteiger partial charge is 0.237 e. The van der Waals surface area contributed by atoms with Crippen molar-refractivity contribution in [1.82, 2.24) is 0 Å². The van der Waals surface area contributed by atoms with Gasteiger partial charge in [0.05, 0.1) is 0 Å². The summed E-state index contributed by atoms with van der Waals surface area (Å²) in [5, 5.41) is 0. The molecule has 0 aromatic heterocycles. The van der Waals surface area contributed by atoms with E-state index >= 15 is 0 Å². The number of ether oxygens (including phenoxy) is 1. The highest BCUT2D eigenvalue weighted by Crippen LogP contribution is 2.57. The van der Waals surface area contributed by atoms with E-state index in [1.54, 1.807) is 0 Å². The van der Waals surface area contributed by atoms with Crippen LogP contribution in [0, 0.1) is 5.92 Å². The molecule has 0 radical (unpaired) electrons. The summed E-state index contributed by atoms with van der Waals surface area (Å²) in [5.41, 5.74) is 3.33. The van der Waals surface area contributed by atoms with Gasteiger partial charge in [0.15, 0.2) is 0 Å². The van der Waals surface area contributed by atoms with Gasteiger partial charge in [-0.1, -0.05) is 68.4 Å². The third-order valence-corrected chi connectivity index (χ3v) is 4.38. The molecule has 0 N–H and O–H groups in total. The van der Waals surface area contributed by atoms with Crippen LogP contribution in [0.1, 0.15) is 42.7 Å². The standard InChI is InChI=1S/C18H18O3/c1-12(2)16-14-10-6-7-11-15(14)17-19-18(16,21-20-17)13-8-4-3-5-9-13/h3-12,16-17H,1-2H3/t16?,17-,18+/m1/s1. The molecule has 1 saturated heterocycles. The average Bonchev–Trinajstić information content (AvgIpc) is 2.89. The number of benzene rings is 2.